The quantitative estimate of drug-likeness (QED) is 0.663. The third-order valence-corrected chi connectivity index (χ3v) is 1.79. The summed E-state index contributed by atoms with van der Waals surface area (Å²) in [5, 5.41) is 1.64. The van der Waals surface area contributed by atoms with Crippen molar-refractivity contribution in [3.8, 4) is 5.75 Å². The summed E-state index contributed by atoms with van der Waals surface area (Å²) in [5.41, 5.74) is 0. The van der Waals surface area contributed by atoms with E-state index in [-0.39, 0.29) is 11.9 Å². The predicted molar refractivity (Wildman–Crippen MR) is 47.4 cm³/mol. The summed E-state index contributed by atoms with van der Waals surface area (Å²) in [6.45, 7) is 3.74. The maximum atomic E-state index is 13.2. The standard InChI is InChI=1S/C10H10FNO/c1-6(2)13-10-3-7-5-12-9(7)4-8(10)11/h3-6H,1-2H3. The Morgan fingerprint density at radius 2 is 2.15 bits per heavy atom. The summed E-state index contributed by atoms with van der Waals surface area (Å²) in [7, 11) is 0. The van der Waals surface area contributed by atoms with Crippen molar-refractivity contribution >= 4 is 6.20 Å². The molecule has 1 heterocycles. The van der Waals surface area contributed by atoms with Crippen LogP contribution < -0.4 is 15.3 Å². The number of ether oxygens (including phenoxy) is 1. The third kappa shape index (κ3) is 1.41. The fraction of sp³-hybridized carbons (Fsp3) is 0.300. The molecule has 0 aliphatic carbocycles. The smallest absolute Gasteiger partial charge is 0.167 e. The summed E-state index contributed by atoms with van der Waals surface area (Å²) < 4.78 is 18.5. The van der Waals surface area contributed by atoms with Crippen LogP contribution in [0, 0.1) is 5.82 Å². The fourth-order valence-corrected chi connectivity index (χ4v) is 1.19. The predicted octanol–water partition coefficient (Wildman–Crippen LogP) is 0.984. The van der Waals surface area contributed by atoms with Gasteiger partial charge in [0.25, 0.3) is 0 Å². The van der Waals surface area contributed by atoms with E-state index in [0.29, 0.717) is 11.1 Å². The minimum Gasteiger partial charge on any atom is -0.488 e. The lowest BCUT2D eigenvalue weighted by molar-refractivity contribution is 0.230. The first-order valence-corrected chi connectivity index (χ1v) is 4.21. The number of nitrogens with zero attached hydrogens (tertiary/aromatic N) is 1. The van der Waals surface area contributed by atoms with Crippen LogP contribution in [0.15, 0.2) is 17.1 Å². The second kappa shape index (κ2) is 2.83. The summed E-state index contributed by atoms with van der Waals surface area (Å²) in [6, 6.07) is 3.07. The van der Waals surface area contributed by atoms with Crippen molar-refractivity contribution < 1.29 is 9.13 Å². The number of benzene rings is 1. The molecule has 1 aliphatic heterocycles. The minimum absolute atomic E-state index is 0.00966. The number of fused-ring (bicyclic) bond motifs is 1. The molecule has 0 N–H and O–H groups in total. The second-order valence-corrected chi connectivity index (χ2v) is 3.27. The lowest BCUT2D eigenvalue weighted by Crippen LogP contribution is -2.31. The Bertz CT molecular complexity index is 451. The summed E-state index contributed by atoms with van der Waals surface area (Å²) in [5.74, 6) is -0.0378. The monoisotopic (exact) mass is 179 g/mol. The minimum atomic E-state index is -0.343. The van der Waals surface area contributed by atoms with E-state index in [1.807, 2.05) is 13.8 Å². The van der Waals surface area contributed by atoms with E-state index in [1.165, 1.54) is 6.07 Å². The Balaban J connectivity index is 2.43. The normalized spacial score (nSPS) is 12.6. The molecule has 0 atom stereocenters. The molecule has 0 saturated heterocycles. The molecule has 0 saturated carbocycles. The van der Waals surface area contributed by atoms with Crippen LogP contribution in [0.2, 0.25) is 0 Å². The molecule has 0 fully saturated rings. The first-order valence-electron chi connectivity index (χ1n) is 4.21. The SMILES string of the molecule is CC(C)Oc1cc2c(cc1F)=NC=2. The van der Waals surface area contributed by atoms with Gasteiger partial charge in [0.05, 0.1) is 11.5 Å². The van der Waals surface area contributed by atoms with Gasteiger partial charge in [0.15, 0.2) is 11.6 Å². The highest BCUT2D eigenvalue weighted by atomic mass is 19.1. The second-order valence-electron chi connectivity index (χ2n) is 3.27. The van der Waals surface area contributed by atoms with Gasteiger partial charge in [-0.2, -0.15) is 0 Å². The van der Waals surface area contributed by atoms with Gasteiger partial charge in [-0.1, -0.05) is 0 Å². The zero-order chi connectivity index (χ0) is 9.42. The number of halogens is 1. The van der Waals surface area contributed by atoms with Gasteiger partial charge in [0, 0.05) is 17.5 Å². The average Bonchev–Trinajstić information content (AvgIpc) is 2.02. The molecule has 68 valence electrons. The molecule has 0 amide bonds. The van der Waals surface area contributed by atoms with Gasteiger partial charge in [0.1, 0.15) is 0 Å². The Labute approximate surface area is 75.4 Å². The molecule has 0 aromatic heterocycles. The summed E-state index contributed by atoms with van der Waals surface area (Å²) in [6.07, 6.45) is 1.69. The number of hydrogen-bond acceptors (Lipinski definition) is 2. The van der Waals surface area contributed by atoms with E-state index in [2.05, 4.69) is 4.99 Å². The van der Waals surface area contributed by atoms with Crippen LogP contribution in [0.1, 0.15) is 13.8 Å². The van der Waals surface area contributed by atoms with Gasteiger partial charge in [-0.25, -0.2) is 4.39 Å². The van der Waals surface area contributed by atoms with Gasteiger partial charge in [-0.15, -0.1) is 0 Å². The van der Waals surface area contributed by atoms with Crippen molar-refractivity contribution in [1.29, 1.82) is 0 Å². The highest BCUT2D eigenvalue weighted by Gasteiger charge is 2.08. The topological polar surface area (TPSA) is 21.6 Å². The molecule has 2 rings (SSSR count). The van der Waals surface area contributed by atoms with Crippen molar-refractivity contribution in [3.05, 3.63) is 28.5 Å². The fourth-order valence-electron chi connectivity index (χ4n) is 1.19. The highest BCUT2D eigenvalue weighted by molar-refractivity contribution is 5.36. The molecule has 0 bridgehead atoms. The van der Waals surface area contributed by atoms with Gasteiger partial charge in [-0.3, -0.25) is 4.99 Å². The van der Waals surface area contributed by atoms with Crippen molar-refractivity contribution in [1.82, 2.24) is 0 Å². The molecular weight excluding hydrogens is 169 g/mol. The number of hydrogen-bond donors (Lipinski definition) is 0. The molecule has 0 radical (unpaired) electrons. The maximum Gasteiger partial charge on any atom is 0.167 e. The highest BCUT2D eigenvalue weighted by Crippen LogP contribution is 2.14. The summed E-state index contributed by atoms with van der Waals surface area (Å²) >= 11 is 0. The van der Waals surface area contributed by atoms with Crippen LogP contribution >= 0.6 is 0 Å². The Morgan fingerprint density at radius 1 is 1.38 bits per heavy atom. The van der Waals surface area contributed by atoms with E-state index >= 15 is 0 Å². The lowest BCUT2D eigenvalue weighted by atomic mass is 10.2. The largest absolute Gasteiger partial charge is 0.488 e. The zero-order valence-electron chi connectivity index (χ0n) is 7.54. The molecule has 0 unspecified atom stereocenters. The molecule has 0 spiro atoms. The van der Waals surface area contributed by atoms with Crippen LogP contribution in [0.25, 0.3) is 6.20 Å². The number of rotatable bonds is 2. The van der Waals surface area contributed by atoms with Crippen molar-refractivity contribution in [2.75, 3.05) is 0 Å². The molecule has 1 aromatic rings. The Morgan fingerprint density at radius 3 is 2.69 bits per heavy atom. The van der Waals surface area contributed by atoms with E-state index in [9.17, 15) is 4.39 Å². The van der Waals surface area contributed by atoms with E-state index in [1.54, 1.807) is 12.3 Å². The van der Waals surface area contributed by atoms with Crippen LogP contribution in [-0.4, -0.2) is 6.10 Å². The van der Waals surface area contributed by atoms with Gasteiger partial charge < -0.3 is 4.74 Å². The maximum absolute atomic E-state index is 13.2. The summed E-state index contributed by atoms with van der Waals surface area (Å²) in [4.78, 5) is 3.89. The van der Waals surface area contributed by atoms with Crippen LogP contribution in [0.4, 0.5) is 4.39 Å². The van der Waals surface area contributed by atoms with Gasteiger partial charge in [0.2, 0.25) is 0 Å². The first-order chi connectivity index (χ1) is 6.16. The van der Waals surface area contributed by atoms with E-state index < -0.39 is 0 Å². The van der Waals surface area contributed by atoms with Crippen LogP contribution in [0.3, 0.4) is 0 Å². The molecule has 2 nitrogen and oxygen atoms in total. The van der Waals surface area contributed by atoms with E-state index in [0.717, 1.165) is 5.22 Å². The molecular formula is C10H10FNO. The Kier molecular flexibility index (Phi) is 1.79. The average molecular weight is 179 g/mol. The van der Waals surface area contributed by atoms with Crippen LogP contribution in [-0.2, 0) is 0 Å². The molecule has 1 aliphatic rings. The van der Waals surface area contributed by atoms with Crippen LogP contribution in [0.5, 0.6) is 5.75 Å². The Hall–Kier alpha value is -1.38. The molecule has 13 heavy (non-hydrogen) atoms. The van der Waals surface area contributed by atoms with Crippen molar-refractivity contribution in [2.45, 2.75) is 20.0 Å². The lowest BCUT2D eigenvalue weighted by Gasteiger charge is -2.11. The van der Waals surface area contributed by atoms with Gasteiger partial charge >= 0.3 is 0 Å². The molecule has 3 heteroatoms. The van der Waals surface area contributed by atoms with Crippen molar-refractivity contribution in [2.24, 2.45) is 4.99 Å². The third-order valence-electron chi connectivity index (χ3n) is 1.79. The molecule has 1 aromatic carbocycles. The first kappa shape index (κ1) is 8.23. The zero-order valence-corrected chi connectivity index (χ0v) is 7.54. The van der Waals surface area contributed by atoms with Crippen molar-refractivity contribution in [3.63, 3.8) is 0 Å². The van der Waals surface area contributed by atoms with E-state index in [4.69, 9.17) is 4.74 Å². The van der Waals surface area contributed by atoms with Gasteiger partial charge in [-0.05, 0) is 19.9 Å².